The fourth-order valence-electron chi connectivity index (χ4n) is 3.86. The molecule has 4 N–H and O–H groups in total. The largest absolute Gasteiger partial charge is 0.508 e. The predicted octanol–water partition coefficient (Wildman–Crippen LogP) is 3.26. The number of hydrogen-bond acceptors (Lipinski definition) is 3. The Morgan fingerprint density at radius 1 is 1.31 bits per heavy atom. The summed E-state index contributed by atoms with van der Waals surface area (Å²) in [5, 5.41) is 12.9. The average molecular weight is 373 g/mol. The first-order chi connectivity index (χ1) is 12.3. The maximum Gasteiger partial charge on any atom is 0.224 e. The molecule has 2 aromatic carbocycles. The SMILES string of the molecule is CC1C(C(=O)NC[C@@H](N)Cc2ccc(O)cc2Cl)[C@]1(C)c1ccccc1. The van der Waals surface area contributed by atoms with Gasteiger partial charge in [0, 0.05) is 23.0 Å². The van der Waals surface area contributed by atoms with Crippen LogP contribution in [0.25, 0.3) is 0 Å². The molecule has 1 amide bonds. The molecule has 1 aliphatic rings. The Bertz CT molecular complexity index is 796. The molecule has 26 heavy (non-hydrogen) atoms. The third-order valence-corrected chi connectivity index (χ3v) is 6.07. The Kier molecular flexibility index (Phi) is 5.26. The smallest absolute Gasteiger partial charge is 0.224 e. The lowest BCUT2D eigenvalue weighted by Gasteiger charge is -2.15. The van der Waals surface area contributed by atoms with Crippen LogP contribution in [0.2, 0.25) is 5.02 Å². The van der Waals surface area contributed by atoms with Crippen molar-refractivity contribution in [2.45, 2.75) is 31.7 Å². The molecule has 1 saturated carbocycles. The molecule has 0 radical (unpaired) electrons. The van der Waals surface area contributed by atoms with Gasteiger partial charge in [-0.25, -0.2) is 0 Å². The van der Waals surface area contributed by atoms with Crippen molar-refractivity contribution in [1.82, 2.24) is 5.32 Å². The van der Waals surface area contributed by atoms with Gasteiger partial charge in [-0.15, -0.1) is 0 Å². The van der Waals surface area contributed by atoms with Crippen LogP contribution in [-0.4, -0.2) is 23.6 Å². The van der Waals surface area contributed by atoms with Crippen LogP contribution in [-0.2, 0) is 16.6 Å². The first-order valence-electron chi connectivity index (χ1n) is 8.90. The van der Waals surface area contributed by atoms with Gasteiger partial charge >= 0.3 is 0 Å². The molecule has 2 aromatic rings. The van der Waals surface area contributed by atoms with E-state index in [0.717, 1.165) is 5.56 Å². The number of carbonyl (C=O) groups is 1. The van der Waals surface area contributed by atoms with E-state index >= 15 is 0 Å². The minimum atomic E-state index is -0.238. The van der Waals surface area contributed by atoms with Crippen molar-refractivity contribution in [2.75, 3.05) is 6.54 Å². The zero-order chi connectivity index (χ0) is 18.9. The van der Waals surface area contributed by atoms with E-state index in [1.54, 1.807) is 12.1 Å². The summed E-state index contributed by atoms with van der Waals surface area (Å²) < 4.78 is 0. The van der Waals surface area contributed by atoms with E-state index in [0.29, 0.717) is 23.9 Å². The number of nitrogens with two attached hydrogens (primary N) is 1. The van der Waals surface area contributed by atoms with Crippen LogP contribution in [0.5, 0.6) is 5.75 Å². The number of rotatable bonds is 6. The maximum atomic E-state index is 12.6. The Morgan fingerprint density at radius 3 is 2.65 bits per heavy atom. The normalized spacial score (nSPS) is 25.5. The van der Waals surface area contributed by atoms with Gasteiger partial charge in [-0.1, -0.05) is 61.8 Å². The zero-order valence-electron chi connectivity index (χ0n) is 15.1. The molecule has 1 fully saturated rings. The second kappa shape index (κ2) is 7.29. The first-order valence-corrected chi connectivity index (χ1v) is 9.28. The minimum absolute atomic E-state index is 0.0330. The molecule has 138 valence electrons. The van der Waals surface area contributed by atoms with Gasteiger partial charge in [-0.05, 0) is 35.6 Å². The van der Waals surface area contributed by atoms with Crippen LogP contribution in [0.15, 0.2) is 48.5 Å². The summed E-state index contributed by atoms with van der Waals surface area (Å²) in [5.74, 6) is 0.446. The molecule has 0 bridgehead atoms. The van der Waals surface area contributed by atoms with Gasteiger partial charge in [0.05, 0.1) is 5.92 Å². The highest BCUT2D eigenvalue weighted by Gasteiger charge is 2.62. The summed E-state index contributed by atoms with van der Waals surface area (Å²) in [5.41, 5.74) is 8.11. The molecular formula is C21H25ClN2O2. The number of hydrogen-bond donors (Lipinski definition) is 3. The fraction of sp³-hybridized carbons (Fsp3) is 0.381. The second-order valence-electron chi connectivity index (χ2n) is 7.40. The summed E-state index contributed by atoms with van der Waals surface area (Å²) in [7, 11) is 0. The van der Waals surface area contributed by atoms with Gasteiger partial charge in [-0.3, -0.25) is 4.79 Å². The molecule has 3 rings (SSSR count). The molecule has 0 heterocycles. The lowest BCUT2D eigenvalue weighted by atomic mass is 9.94. The number of phenolic OH excluding ortho intramolecular Hbond substituents is 1. The van der Waals surface area contributed by atoms with E-state index in [-0.39, 0.29) is 29.0 Å². The van der Waals surface area contributed by atoms with Crippen LogP contribution in [0.4, 0.5) is 0 Å². The number of phenols is 1. The lowest BCUT2D eigenvalue weighted by Crippen LogP contribution is -2.40. The fourth-order valence-corrected chi connectivity index (χ4v) is 4.12. The van der Waals surface area contributed by atoms with Crippen LogP contribution in [0.1, 0.15) is 25.0 Å². The zero-order valence-corrected chi connectivity index (χ0v) is 15.8. The van der Waals surface area contributed by atoms with Crippen LogP contribution < -0.4 is 11.1 Å². The third-order valence-electron chi connectivity index (χ3n) is 5.72. The number of amides is 1. The van der Waals surface area contributed by atoms with Crippen LogP contribution in [0, 0.1) is 11.8 Å². The summed E-state index contributed by atoms with van der Waals surface area (Å²) in [4.78, 5) is 12.6. The summed E-state index contributed by atoms with van der Waals surface area (Å²) in [6.45, 7) is 4.66. The van der Waals surface area contributed by atoms with E-state index in [4.69, 9.17) is 17.3 Å². The minimum Gasteiger partial charge on any atom is -0.508 e. The monoisotopic (exact) mass is 372 g/mol. The lowest BCUT2D eigenvalue weighted by molar-refractivity contribution is -0.123. The molecular weight excluding hydrogens is 348 g/mol. The number of aromatic hydroxyl groups is 1. The van der Waals surface area contributed by atoms with Gasteiger partial charge in [0.1, 0.15) is 5.75 Å². The summed E-state index contributed by atoms with van der Waals surface area (Å²) in [6, 6.07) is 14.8. The highest BCUT2D eigenvalue weighted by atomic mass is 35.5. The van der Waals surface area contributed by atoms with Crippen molar-refractivity contribution < 1.29 is 9.90 Å². The molecule has 5 heteroatoms. The Balaban J connectivity index is 1.56. The molecule has 1 aliphatic carbocycles. The van der Waals surface area contributed by atoms with Gasteiger partial charge in [0.15, 0.2) is 0 Å². The highest BCUT2D eigenvalue weighted by Crippen LogP contribution is 2.59. The van der Waals surface area contributed by atoms with Crippen molar-refractivity contribution in [3.8, 4) is 5.75 Å². The Hall–Kier alpha value is -2.04. The molecule has 0 aromatic heterocycles. The van der Waals surface area contributed by atoms with Gasteiger partial charge in [0.2, 0.25) is 5.91 Å². The Labute approximate surface area is 159 Å². The van der Waals surface area contributed by atoms with Crippen molar-refractivity contribution in [3.63, 3.8) is 0 Å². The van der Waals surface area contributed by atoms with Gasteiger partial charge in [-0.2, -0.15) is 0 Å². The predicted molar refractivity (Wildman–Crippen MR) is 104 cm³/mol. The van der Waals surface area contributed by atoms with E-state index in [1.165, 1.54) is 11.6 Å². The molecule has 0 aliphatic heterocycles. The summed E-state index contributed by atoms with van der Waals surface area (Å²) in [6.07, 6.45) is 0.537. The van der Waals surface area contributed by atoms with Crippen molar-refractivity contribution >= 4 is 17.5 Å². The maximum absolute atomic E-state index is 12.6. The number of halogens is 1. The molecule has 2 unspecified atom stereocenters. The molecule has 0 saturated heterocycles. The summed E-state index contributed by atoms with van der Waals surface area (Å²) >= 11 is 6.12. The van der Waals surface area contributed by atoms with Crippen LogP contribution in [0.3, 0.4) is 0 Å². The standard InChI is InChI=1S/C21H25ClN2O2/c1-13-19(21(13,2)15-6-4-3-5-7-15)20(26)24-12-16(23)10-14-8-9-17(25)11-18(14)22/h3-9,11,13,16,19,25H,10,12,23H2,1-2H3,(H,24,26)/t13?,16-,19?,21-/m0/s1. The van der Waals surface area contributed by atoms with E-state index in [1.807, 2.05) is 18.2 Å². The first kappa shape index (κ1) is 18.7. The van der Waals surface area contributed by atoms with Crippen molar-refractivity contribution in [3.05, 3.63) is 64.7 Å². The highest BCUT2D eigenvalue weighted by molar-refractivity contribution is 6.31. The number of nitrogens with one attached hydrogen (secondary N) is 1. The topological polar surface area (TPSA) is 75.4 Å². The van der Waals surface area contributed by atoms with Crippen molar-refractivity contribution in [1.29, 1.82) is 0 Å². The Morgan fingerprint density at radius 2 is 2.00 bits per heavy atom. The third kappa shape index (κ3) is 3.57. The molecule has 0 spiro atoms. The average Bonchev–Trinajstić information content (AvgIpc) is 3.18. The van der Waals surface area contributed by atoms with E-state index in [2.05, 4.69) is 31.3 Å². The quantitative estimate of drug-likeness (QED) is 0.728. The second-order valence-corrected chi connectivity index (χ2v) is 7.81. The van der Waals surface area contributed by atoms with Gasteiger partial charge in [0.25, 0.3) is 0 Å². The van der Waals surface area contributed by atoms with Crippen molar-refractivity contribution in [2.24, 2.45) is 17.6 Å². The van der Waals surface area contributed by atoms with E-state index < -0.39 is 0 Å². The molecule has 4 nitrogen and oxygen atoms in total. The van der Waals surface area contributed by atoms with E-state index in [9.17, 15) is 9.90 Å². The van der Waals surface area contributed by atoms with Crippen LogP contribution >= 0.6 is 11.6 Å². The van der Waals surface area contributed by atoms with Gasteiger partial charge < -0.3 is 16.2 Å². The number of carbonyl (C=O) groups excluding carboxylic acids is 1. The molecule has 4 atom stereocenters. The number of benzene rings is 2.